The molecular formula is C12H15N3. The Hall–Kier alpha value is -1.38. The highest BCUT2D eigenvalue weighted by molar-refractivity contribution is 5.38. The number of nitrogens with zero attached hydrogens (tertiary/aromatic N) is 3. The summed E-state index contributed by atoms with van der Waals surface area (Å²) in [5, 5.41) is 0. The van der Waals surface area contributed by atoms with Gasteiger partial charge in [0.2, 0.25) is 5.78 Å². The molecule has 2 aromatic rings. The summed E-state index contributed by atoms with van der Waals surface area (Å²) < 4.78 is 2.14. The van der Waals surface area contributed by atoms with E-state index in [0.717, 1.165) is 18.1 Å². The van der Waals surface area contributed by atoms with Gasteiger partial charge in [0.15, 0.2) is 0 Å². The van der Waals surface area contributed by atoms with E-state index in [9.17, 15) is 0 Å². The van der Waals surface area contributed by atoms with Crippen LogP contribution >= 0.6 is 0 Å². The molecule has 0 radical (unpaired) electrons. The summed E-state index contributed by atoms with van der Waals surface area (Å²) in [7, 11) is 0. The molecular weight excluding hydrogens is 186 g/mol. The van der Waals surface area contributed by atoms with Crippen molar-refractivity contribution in [2.75, 3.05) is 0 Å². The second kappa shape index (κ2) is 3.05. The molecule has 0 saturated carbocycles. The maximum Gasteiger partial charge on any atom is 0.234 e. The van der Waals surface area contributed by atoms with E-state index in [1.165, 1.54) is 17.8 Å². The van der Waals surface area contributed by atoms with Gasteiger partial charge in [0.05, 0.1) is 5.69 Å². The third-order valence-corrected chi connectivity index (χ3v) is 3.65. The lowest BCUT2D eigenvalue weighted by Gasteiger charge is -2.24. The lowest BCUT2D eigenvalue weighted by Crippen LogP contribution is -2.16. The number of rotatable bonds is 0. The predicted octanol–water partition coefficient (Wildman–Crippen LogP) is 2.42. The van der Waals surface area contributed by atoms with Gasteiger partial charge in [-0.2, -0.15) is 0 Å². The third-order valence-electron chi connectivity index (χ3n) is 3.65. The molecule has 0 fully saturated rings. The highest BCUT2D eigenvalue weighted by atomic mass is 15.1. The quantitative estimate of drug-likeness (QED) is 0.655. The second-order valence-corrected chi connectivity index (χ2v) is 4.54. The van der Waals surface area contributed by atoms with E-state index in [2.05, 4.69) is 34.4 Å². The maximum atomic E-state index is 4.64. The minimum Gasteiger partial charge on any atom is -0.288 e. The SMILES string of the molecule is CC1CCc2c(nc3ncccn23)C1C. The van der Waals surface area contributed by atoms with Crippen molar-refractivity contribution in [3.8, 4) is 0 Å². The number of aromatic nitrogens is 3. The van der Waals surface area contributed by atoms with E-state index in [0.29, 0.717) is 5.92 Å². The maximum absolute atomic E-state index is 4.64. The number of aryl methyl sites for hydroxylation is 1. The number of imidazole rings is 1. The first-order valence-corrected chi connectivity index (χ1v) is 5.59. The molecule has 2 unspecified atom stereocenters. The van der Waals surface area contributed by atoms with Gasteiger partial charge in [0.25, 0.3) is 0 Å². The van der Waals surface area contributed by atoms with Crippen molar-refractivity contribution in [1.82, 2.24) is 14.4 Å². The largest absolute Gasteiger partial charge is 0.288 e. The van der Waals surface area contributed by atoms with Gasteiger partial charge in [-0.3, -0.25) is 4.40 Å². The fraction of sp³-hybridized carbons (Fsp3) is 0.500. The molecule has 15 heavy (non-hydrogen) atoms. The first-order chi connectivity index (χ1) is 7.27. The van der Waals surface area contributed by atoms with Crippen molar-refractivity contribution in [3.63, 3.8) is 0 Å². The van der Waals surface area contributed by atoms with Crippen LogP contribution in [-0.2, 0) is 6.42 Å². The zero-order valence-corrected chi connectivity index (χ0v) is 9.14. The summed E-state index contributed by atoms with van der Waals surface area (Å²) in [4.78, 5) is 8.93. The monoisotopic (exact) mass is 201 g/mol. The Morgan fingerprint density at radius 1 is 1.40 bits per heavy atom. The van der Waals surface area contributed by atoms with Gasteiger partial charge in [-0.15, -0.1) is 0 Å². The van der Waals surface area contributed by atoms with Gasteiger partial charge < -0.3 is 0 Å². The molecule has 0 bridgehead atoms. The van der Waals surface area contributed by atoms with Crippen LogP contribution < -0.4 is 0 Å². The number of fused-ring (bicyclic) bond motifs is 3. The number of hydrogen-bond donors (Lipinski definition) is 0. The van der Waals surface area contributed by atoms with Crippen LogP contribution in [0.4, 0.5) is 0 Å². The highest BCUT2D eigenvalue weighted by Gasteiger charge is 2.27. The molecule has 1 aliphatic rings. The molecule has 0 aromatic carbocycles. The van der Waals surface area contributed by atoms with Crippen LogP contribution in [-0.4, -0.2) is 14.4 Å². The molecule has 78 valence electrons. The van der Waals surface area contributed by atoms with Crippen LogP contribution in [0, 0.1) is 5.92 Å². The Kier molecular flexibility index (Phi) is 1.81. The fourth-order valence-electron chi connectivity index (χ4n) is 2.45. The van der Waals surface area contributed by atoms with Crippen molar-refractivity contribution in [1.29, 1.82) is 0 Å². The molecule has 2 heterocycles. The molecule has 0 saturated heterocycles. The van der Waals surface area contributed by atoms with Gasteiger partial charge in [-0.1, -0.05) is 13.8 Å². The molecule has 0 amide bonds. The summed E-state index contributed by atoms with van der Waals surface area (Å²) in [6.45, 7) is 4.58. The molecule has 3 nitrogen and oxygen atoms in total. The van der Waals surface area contributed by atoms with E-state index in [1.54, 1.807) is 0 Å². The second-order valence-electron chi connectivity index (χ2n) is 4.54. The Balaban J connectivity index is 2.26. The highest BCUT2D eigenvalue weighted by Crippen LogP contribution is 2.34. The minimum atomic E-state index is 0.565. The normalized spacial score (nSPS) is 25.5. The van der Waals surface area contributed by atoms with Crippen molar-refractivity contribution in [3.05, 3.63) is 29.8 Å². The Morgan fingerprint density at radius 2 is 2.27 bits per heavy atom. The summed E-state index contributed by atoms with van der Waals surface area (Å²) >= 11 is 0. The van der Waals surface area contributed by atoms with Crippen LogP contribution in [0.25, 0.3) is 5.78 Å². The Bertz CT molecular complexity index is 501. The van der Waals surface area contributed by atoms with Crippen LogP contribution in [0.2, 0.25) is 0 Å². The van der Waals surface area contributed by atoms with E-state index in [1.807, 2.05) is 12.3 Å². The lowest BCUT2D eigenvalue weighted by molar-refractivity contribution is 0.415. The van der Waals surface area contributed by atoms with Gasteiger partial charge >= 0.3 is 0 Å². The van der Waals surface area contributed by atoms with E-state index < -0.39 is 0 Å². The average Bonchev–Trinajstić information content (AvgIpc) is 2.63. The molecule has 2 atom stereocenters. The summed E-state index contributed by atoms with van der Waals surface area (Å²) in [5.41, 5.74) is 2.62. The molecule has 3 heteroatoms. The van der Waals surface area contributed by atoms with Gasteiger partial charge in [0, 0.05) is 24.0 Å². The van der Waals surface area contributed by atoms with Crippen LogP contribution in [0.1, 0.15) is 37.6 Å². The summed E-state index contributed by atoms with van der Waals surface area (Å²) in [5.74, 6) is 2.15. The number of hydrogen-bond acceptors (Lipinski definition) is 2. The summed E-state index contributed by atoms with van der Waals surface area (Å²) in [6, 6.07) is 1.97. The van der Waals surface area contributed by atoms with E-state index >= 15 is 0 Å². The van der Waals surface area contributed by atoms with Gasteiger partial charge in [-0.05, 0) is 24.8 Å². The topological polar surface area (TPSA) is 30.2 Å². The third kappa shape index (κ3) is 1.19. The zero-order chi connectivity index (χ0) is 10.4. The predicted molar refractivity (Wildman–Crippen MR) is 58.9 cm³/mol. The van der Waals surface area contributed by atoms with Crippen molar-refractivity contribution >= 4 is 5.78 Å². The molecule has 2 aromatic heterocycles. The Labute approximate surface area is 89.2 Å². The average molecular weight is 201 g/mol. The first kappa shape index (κ1) is 8.89. The molecule has 3 rings (SSSR count). The fourth-order valence-corrected chi connectivity index (χ4v) is 2.45. The van der Waals surface area contributed by atoms with Crippen LogP contribution in [0.5, 0.6) is 0 Å². The van der Waals surface area contributed by atoms with Crippen molar-refractivity contribution in [2.45, 2.75) is 32.6 Å². The van der Waals surface area contributed by atoms with Crippen LogP contribution in [0.15, 0.2) is 18.5 Å². The van der Waals surface area contributed by atoms with E-state index in [-0.39, 0.29) is 0 Å². The Morgan fingerprint density at radius 3 is 3.13 bits per heavy atom. The lowest BCUT2D eigenvalue weighted by atomic mass is 9.82. The zero-order valence-electron chi connectivity index (χ0n) is 9.14. The smallest absolute Gasteiger partial charge is 0.234 e. The summed E-state index contributed by atoms with van der Waals surface area (Å²) in [6.07, 6.45) is 6.27. The molecule has 0 spiro atoms. The molecule has 1 aliphatic carbocycles. The van der Waals surface area contributed by atoms with E-state index in [4.69, 9.17) is 0 Å². The molecule has 0 aliphatic heterocycles. The molecule has 0 N–H and O–H groups in total. The standard InChI is InChI=1S/C12H15N3/c1-8-4-5-10-11(9(8)2)14-12-13-6-3-7-15(10)12/h3,6-9H,4-5H2,1-2H3. The van der Waals surface area contributed by atoms with Crippen molar-refractivity contribution in [2.24, 2.45) is 5.92 Å². The van der Waals surface area contributed by atoms with Crippen molar-refractivity contribution < 1.29 is 0 Å². The van der Waals surface area contributed by atoms with Gasteiger partial charge in [-0.25, -0.2) is 9.97 Å². The van der Waals surface area contributed by atoms with Gasteiger partial charge in [0.1, 0.15) is 0 Å². The first-order valence-electron chi connectivity index (χ1n) is 5.59. The minimum absolute atomic E-state index is 0.565. The van der Waals surface area contributed by atoms with Crippen LogP contribution in [0.3, 0.4) is 0 Å².